The number of nitrogens with one attached hydrogen (secondary N) is 1. The summed E-state index contributed by atoms with van der Waals surface area (Å²) in [6.45, 7) is 0. The number of hydrogen-bond donors (Lipinski definition) is 3. The largest absolute Gasteiger partial charge is 0.388 e. The van der Waals surface area contributed by atoms with Gasteiger partial charge in [0.1, 0.15) is 17.5 Å². The number of hydrogen-bond acceptors (Lipinski definition) is 6. The van der Waals surface area contributed by atoms with Crippen molar-refractivity contribution >= 4 is 29.4 Å². The minimum atomic E-state index is -1.13. The van der Waals surface area contributed by atoms with Crippen LogP contribution < -0.4 is 11.1 Å². The summed E-state index contributed by atoms with van der Waals surface area (Å²) in [5.41, 5.74) is 7.16. The van der Waals surface area contributed by atoms with Crippen LogP contribution in [0.25, 0.3) is 0 Å². The fourth-order valence-corrected chi connectivity index (χ4v) is 5.69. The number of aliphatic hydroxyl groups is 1. The Bertz CT molecular complexity index is 1220. The number of aryl methyl sites for hydroxylation is 1. The zero-order valence-corrected chi connectivity index (χ0v) is 20.3. The molecular formula is C25H28ClF2N5O2. The first-order valence-corrected chi connectivity index (χ1v) is 11.8. The fourth-order valence-electron chi connectivity index (χ4n) is 5.51. The van der Waals surface area contributed by atoms with Crippen LogP contribution in [-0.2, 0) is 12.6 Å². The molecule has 186 valence electrons. The van der Waals surface area contributed by atoms with Gasteiger partial charge in [-0.3, -0.25) is 14.5 Å². The summed E-state index contributed by atoms with van der Waals surface area (Å²) < 4.78 is 28.1. The highest BCUT2D eigenvalue weighted by atomic mass is 35.5. The van der Waals surface area contributed by atoms with Crippen LogP contribution in [0.2, 0.25) is 5.02 Å². The van der Waals surface area contributed by atoms with E-state index in [9.17, 15) is 18.7 Å². The third-order valence-electron chi connectivity index (χ3n) is 7.19. The zero-order chi connectivity index (χ0) is 25.3. The van der Waals surface area contributed by atoms with Gasteiger partial charge >= 0.3 is 0 Å². The van der Waals surface area contributed by atoms with Gasteiger partial charge in [-0.1, -0.05) is 11.6 Å². The average Bonchev–Trinajstić information content (AvgIpc) is 3.45. The van der Waals surface area contributed by atoms with Crippen molar-refractivity contribution in [1.82, 2.24) is 14.8 Å². The van der Waals surface area contributed by atoms with Crippen LogP contribution in [0.5, 0.6) is 0 Å². The van der Waals surface area contributed by atoms with Crippen LogP contribution in [0.4, 0.5) is 20.3 Å². The van der Waals surface area contributed by atoms with Gasteiger partial charge in [0.25, 0.3) is 0 Å². The summed E-state index contributed by atoms with van der Waals surface area (Å²) in [5, 5.41) is 18.4. The molecule has 0 saturated heterocycles. The number of carbonyl (C=O) groups excluding carboxylic acids is 1. The molecule has 2 atom stereocenters. The van der Waals surface area contributed by atoms with E-state index in [-0.39, 0.29) is 28.6 Å². The van der Waals surface area contributed by atoms with Crippen LogP contribution in [0, 0.1) is 23.5 Å². The Morgan fingerprint density at radius 1 is 1.23 bits per heavy atom. The topological polar surface area (TPSA) is 106 Å². The minimum absolute atomic E-state index is 0.145. The number of benzene rings is 1. The van der Waals surface area contributed by atoms with E-state index in [1.165, 1.54) is 23.0 Å². The number of nitrogens with two attached hydrogens (primary N) is 1. The number of fused-ring (bicyclic) bond motifs is 1. The molecular weight excluding hydrogens is 476 g/mol. The summed E-state index contributed by atoms with van der Waals surface area (Å²) in [6, 6.07) is 6.06. The molecule has 2 heterocycles. The van der Waals surface area contributed by atoms with E-state index in [4.69, 9.17) is 17.3 Å². The molecule has 0 bridgehead atoms. The summed E-state index contributed by atoms with van der Waals surface area (Å²) >= 11 is 5.48. The second kappa shape index (κ2) is 9.91. The number of halogens is 3. The molecule has 2 unspecified atom stereocenters. The van der Waals surface area contributed by atoms with Crippen LogP contribution in [0.1, 0.15) is 53.2 Å². The third kappa shape index (κ3) is 4.88. The molecule has 0 aliphatic heterocycles. The van der Waals surface area contributed by atoms with Crippen molar-refractivity contribution in [2.24, 2.45) is 18.9 Å². The van der Waals surface area contributed by atoms with Crippen LogP contribution in [-0.4, -0.2) is 33.2 Å². The molecule has 0 spiro atoms. The van der Waals surface area contributed by atoms with E-state index in [1.807, 2.05) is 0 Å². The predicted octanol–water partition coefficient (Wildman–Crippen LogP) is 4.66. The summed E-state index contributed by atoms with van der Waals surface area (Å²) in [5.74, 6) is 0.265. The Kier molecular flexibility index (Phi) is 7.10. The van der Waals surface area contributed by atoms with E-state index in [0.29, 0.717) is 29.8 Å². The first-order chi connectivity index (χ1) is 16.7. The Morgan fingerprint density at radius 2 is 1.91 bits per heavy atom. The molecule has 35 heavy (non-hydrogen) atoms. The van der Waals surface area contributed by atoms with E-state index < -0.39 is 11.4 Å². The van der Waals surface area contributed by atoms with Crippen molar-refractivity contribution < 1.29 is 18.7 Å². The van der Waals surface area contributed by atoms with E-state index in [2.05, 4.69) is 15.4 Å². The van der Waals surface area contributed by atoms with Crippen molar-refractivity contribution in [2.45, 2.75) is 37.2 Å². The number of pyridine rings is 1. The van der Waals surface area contributed by atoms with Crippen LogP contribution >= 0.6 is 11.6 Å². The molecule has 3 aromatic rings. The normalized spacial score (nSPS) is 25.0. The van der Waals surface area contributed by atoms with Gasteiger partial charge in [0.05, 0.1) is 28.1 Å². The van der Waals surface area contributed by atoms with Gasteiger partial charge in [0, 0.05) is 37.5 Å². The van der Waals surface area contributed by atoms with Gasteiger partial charge in [-0.2, -0.15) is 5.10 Å². The number of nitrogens with zero attached hydrogens (tertiary/aromatic N) is 3. The van der Waals surface area contributed by atoms with Crippen molar-refractivity contribution in [3.8, 4) is 0 Å². The molecule has 1 aromatic carbocycles. The highest BCUT2D eigenvalue weighted by Crippen LogP contribution is 2.57. The Hall–Kier alpha value is -3.04. The third-order valence-corrected chi connectivity index (χ3v) is 7.48. The van der Waals surface area contributed by atoms with E-state index in [0.717, 1.165) is 36.7 Å². The molecule has 10 heteroatoms. The number of carbonyl (C=O) groups is 1. The lowest BCUT2D eigenvalue weighted by Crippen LogP contribution is -2.24. The number of anilines is 2. The van der Waals surface area contributed by atoms with Crippen molar-refractivity contribution in [1.29, 1.82) is 0 Å². The quantitative estimate of drug-likeness (QED) is 0.447. The van der Waals surface area contributed by atoms with Gasteiger partial charge in [-0.25, -0.2) is 8.78 Å². The molecule has 5 rings (SSSR count). The number of nitrogen functional groups attached to an aromatic ring is 1. The van der Waals surface area contributed by atoms with E-state index in [1.54, 1.807) is 26.2 Å². The maximum Gasteiger partial charge on any atom is 0.155 e. The van der Waals surface area contributed by atoms with Crippen LogP contribution in [0.15, 0.2) is 36.7 Å². The first-order valence-electron chi connectivity index (χ1n) is 11.4. The molecule has 2 aliphatic carbocycles. The van der Waals surface area contributed by atoms with Crippen molar-refractivity contribution in [2.75, 3.05) is 18.1 Å². The SMILES string of the molecule is CNc1ccc(F)c(Cl)c1.Cn1nc(C2CC3CC(O)(c4ccncc4F)CC3C2)c(C=O)c1N. The van der Waals surface area contributed by atoms with Gasteiger partial charge in [-0.05, 0) is 61.8 Å². The zero-order valence-electron chi connectivity index (χ0n) is 19.5. The monoisotopic (exact) mass is 503 g/mol. The lowest BCUT2D eigenvalue weighted by atomic mass is 9.87. The highest BCUT2D eigenvalue weighted by Gasteiger charge is 2.51. The molecule has 2 fully saturated rings. The summed E-state index contributed by atoms with van der Waals surface area (Å²) in [4.78, 5) is 15.1. The van der Waals surface area contributed by atoms with Gasteiger partial charge < -0.3 is 16.2 Å². The first kappa shape index (κ1) is 25.1. The molecule has 0 amide bonds. The van der Waals surface area contributed by atoms with Crippen molar-refractivity contribution in [3.05, 3.63) is 70.1 Å². The maximum atomic E-state index is 14.1. The lowest BCUT2D eigenvalue weighted by Gasteiger charge is -2.25. The summed E-state index contributed by atoms with van der Waals surface area (Å²) in [6.07, 6.45) is 6.14. The molecule has 0 radical (unpaired) electrons. The van der Waals surface area contributed by atoms with E-state index >= 15 is 0 Å². The molecule has 7 nitrogen and oxygen atoms in total. The fraction of sp³-hybridized carbons (Fsp3) is 0.400. The van der Waals surface area contributed by atoms with Gasteiger partial charge in [0.2, 0.25) is 0 Å². The number of aldehydes is 1. The number of aromatic nitrogens is 3. The Morgan fingerprint density at radius 3 is 2.49 bits per heavy atom. The maximum absolute atomic E-state index is 14.1. The van der Waals surface area contributed by atoms with Gasteiger partial charge in [0.15, 0.2) is 6.29 Å². The van der Waals surface area contributed by atoms with Gasteiger partial charge in [-0.15, -0.1) is 0 Å². The predicted molar refractivity (Wildman–Crippen MR) is 130 cm³/mol. The Labute approximate surface area is 207 Å². The average molecular weight is 504 g/mol. The molecule has 4 N–H and O–H groups in total. The smallest absolute Gasteiger partial charge is 0.155 e. The Balaban J connectivity index is 0.000000243. The second-order valence-corrected chi connectivity index (χ2v) is 9.70. The highest BCUT2D eigenvalue weighted by molar-refractivity contribution is 6.31. The van der Waals surface area contributed by atoms with Crippen LogP contribution in [0.3, 0.4) is 0 Å². The number of rotatable bonds is 4. The minimum Gasteiger partial charge on any atom is -0.388 e. The lowest BCUT2D eigenvalue weighted by molar-refractivity contribution is 0.0308. The standard InChI is InChI=1S/C18H21FN4O2.C7H7ClFN/c1-23-17(20)13(9-24)16(22-23)10-4-11-6-18(25,7-12(11)5-10)14-2-3-21-8-15(14)19;1-10-5-2-3-7(9)6(8)4-5/h2-3,8-12,25H,4-7,20H2,1H3;2-4,10H,1H3. The van der Waals surface area contributed by atoms with Crippen molar-refractivity contribution in [3.63, 3.8) is 0 Å². The second-order valence-electron chi connectivity index (χ2n) is 9.29. The molecule has 2 aromatic heterocycles. The molecule has 2 saturated carbocycles. The molecule has 2 aliphatic rings. The summed E-state index contributed by atoms with van der Waals surface area (Å²) in [7, 11) is 3.48.